The number of ether oxygens (including phenoxy) is 1. The summed E-state index contributed by atoms with van der Waals surface area (Å²) in [6.45, 7) is 5.70. The molecule has 2 aromatic heterocycles. The summed E-state index contributed by atoms with van der Waals surface area (Å²) >= 11 is 0. The first-order valence-corrected chi connectivity index (χ1v) is 10.9. The Morgan fingerprint density at radius 1 is 1.23 bits per heavy atom. The van der Waals surface area contributed by atoms with E-state index in [0.29, 0.717) is 12.5 Å². The van der Waals surface area contributed by atoms with Crippen molar-refractivity contribution in [2.75, 3.05) is 6.61 Å². The fourth-order valence-corrected chi connectivity index (χ4v) is 4.29. The fourth-order valence-electron chi connectivity index (χ4n) is 4.29. The Bertz CT molecular complexity index is 1000. The maximum absolute atomic E-state index is 12.7. The van der Waals surface area contributed by atoms with Crippen LogP contribution in [0.2, 0.25) is 0 Å². The minimum absolute atomic E-state index is 0.0959. The summed E-state index contributed by atoms with van der Waals surface area (Å²) in [5, 5.41) is 4.47. The van der Waals surface area contributed by atoms with Gasteiger partial charge >= 0.3 is 5.97 Å². The molecule has 2 aliphatic rings. The van der Waals surface area contributed by atoms with Crippen molar-refractivity contribution in [3.63, 3.8) is 0 Å². The third-order valence-electron chi connectivity index (χ3n) is 5.98. The lowest BCUT2D eigenvalue weighted by atomic mass is 10.0. The summed E-state index contributed by atoms with van der Waals surface area (Å²) in [7, 11) is 0. The number of rotatable bonds is 7. The van der Waals surface area contributed by atoms with E-state index < -0.39 is 0 Å². The van der Waals surface area contributed by atoms with E-state index in [-0.39, 0.29) is 24.9 Å². The number of hydrogen-bond donors (Lipinski definition) is 0. The maximum atomic E-state index is 12.7. The van der Waals surface area contributed by atoms with Crippen molar-refractivity contribution in [1.29, 1.82) is 0 Å². The van der Waals surface area contributed by atoms with E-state index in [1.165, 1.54) is 6.42 Å². The maximum Gasteiger partial charge on any atom is 0.306 e. The lowest BCUT2D eigenvalue weighted by Crippen LogP contribution is -2.36. The second-order valence-corrected chi connectivity index (χ2v) is 8.41. The average molecular weight is 411 g/mol. The van der Waals surface area contributed by atoms with Gasteiger partial charge in [0.25, 0.3) is 5.91 Å². The summed E-state index contributed by atoms with van der Waals surface area (Å²) < 4.78 is 7.16. The predicted octanol–water partition coefficient (Wildman–Crippen LogP) is 3.58. The molecule has 0 spiro atoms. The topological polar surface area (TPSA) is 76.8 Å². The highest BCUT2D eigenvalue weighted by atomic mass is 16.5. The first kappa shape index (κ1) is 20.6. The molecule has 0 saturated heterocycles. The van der Waals surface area contributed by atoms with Crippen molar-refractivity contribution in [2.24, 2.45) is 0 Å². The number of fused-ring (bicyclic) bond motifs is 1. The molecule has 1 amide bonds. The molecule has 7 nitrogen and oxygen atoms in total. The lowest BCUT2D eigenvalue weighted by molar-refractivity contribution is -0.151. The molecular formula is C23H30N4O3. The highest BCUT2D eigenvalue weighted by molar-refractivity contribution is 5.82. The number of nitrogens with zero attached hydrogens (tertiary/aromatic N) is 4. The zero-order valence-electron chi connectivity index (χ0n) is 18.1. The molecule has 0 aliphatic heterocycles. The number of aryl methyl sites for hydroxylation is 3. The van der Waals surface area contributed by atoms with Crippen LogP contribution in [0, 0.1) is 20.8 Å². The van der Waals surface area contributed by atoms with Crippen molar-refractivity contribution in [3.8, 4) is 0 Å². The second-order valence-electron chi connectivity index (χ2n) is 8.41. The van der Waals surface area contributed by atoms with Crippen LogP contribution in [0.25, 0.3) is 5.65 Å². The lowest BCUT2D eigenvalue weighted by Gasteiger charge is -2.27. The fraction of sp³-hybridized carbons (Fsp3) is 0.565. The van der Waals surface area contributed by atoms with Crippen molar-refractivity contribution < 1.29 is 14.3 Å². The van der Waals surface area contributed by atoms with Crippen LogP contribution >= 0.6 is 0 Å². The van der Waals surface area contributed by atoms with E-state index in [1.54, 1.807) is 0 Å². The van der Waals surface area contributed by atoms with Crippen LogP contribution in [0.3, 0.4) is 0 Å². The number of carbonyl (C=O) groups excluding carboxylic acids is 2. The normalized spacial score (nSPS) is 16.4. The average Bonchev–Trinajstić information content (AvgIpc) is 3.48. The van der Waals surface area contributed by atoms with Gasteiger partial charge in [-0.3, -0.25) is 9.59 Å². The van der Waals surface area contributed by atoms with E-state index in [4.69, 9.17) is 4.74 Å². The Labute approximate surface area is 177 Å². The molecule has 0 unspecified atom stereocenters. The molecule has 2 heterocycles. The smallest absolute Gasteiger partial charge is 0.306 e. The van der Waals surface area contributed by atoms with Gasteiger partial charge in [0.1, 0.15) is 0 Å². The minimum atomic E-state index is -0.354. The largest absolute Gasteiger partial charge is 0.456 e. The third-order valence-corrected chi connectivity index (χ3v) is 5.98. The molecule has 30 heavy (non-hydrogen) atoms. The number of esters is 1. The monoisotopic (exact) mass is 410 g/mol. The molecule has 0 N–H and O–H groups in total. The van der Waals surface area contributed by atoms with Crippen LogP contribution < -0.4 is 0 Å². The van der Waals surface area contributed by atoms with Gasteiger partial charge in [0.05, 0.1) is 5.69 Å². The van der Waals surface area contributed by atoms with Gasteiger partial charge in [0.15, 0.2) is 12.3 Å². The standard InChI is InChI=1S/C23H30N4O3/c1-15-13-21-24-16(2)20(17(3)27(21)25-15)11-12-23(29)30-14-22(28)26(19-9-10-19)18-7-5-4-6-8-18/h7,13,19H,4-6,8-12,14H2,1-3H3. The van der Waals surface area contributed by atoms with Crippen LogP contribution in [-0.2, 0) is 20.7 Å². The molecule has 0 bridgehead atoms. The first-order valence-electron chi connectivity index (χ1n) is 10.9. The molecule has 0 radical (unpaired) electrons. The zero-order valence-corrected chi connectivity index (χ0v) is 18.1. The number of allylic oxidation sites excluding steroid dienone is 2. The van der Waals surface area contributed by atoms with Crippen LogP contribution in [0.15, 0.2) is 17.8 Å². The molecule has 2 aliphatic carbocycles. The van der Waals surface area contributed by atoms with Gasteiger partial charge in [-0.05, 0) is 71.3 Å². The van der Waals surface area contributed by atoms with Gasteiger partial charge in [-0.15, -0.1) is 0 Å². The van der Waals surface area contributed by atoms with E-state index >= 15 is 0 Å². The molecule has 0 aromatic carbocycles. The molecule has 1 fully saturated rings. The van der Waals surface area contributed by atoms with Gasteiger partial charge < -0.3 is 9.64 Å². The second kappa shape index (κ2) is 8.58. The van der Waals surface area contributed by atoms with E-state index in [9.17, 15) is 9.59 Å². The van der Waals surface area contributed by atoms with Gasteiger partial charge in [0, 0.05) is 35.6 Å². The highest BCUT2D eigenvalue weighted by Gasteiger charge is 2.35. The Morgan fingerprint density at radius 3 is 2.73 bits per heavy atom. The van der Waals surface area contributed by atoms with Gasteiger partial charge in [-0.1, -0.05) is 6.08 Å². The SMILES string of the molecule is Cc1cc2nc(C)c(CCC(=O)OCC(=O)N(C3=CCCCC3)C3CC3)c(C)n2n1. The molecule has 1 saturated carbocycles. The molecular weight excluding hydrogens is 380 g/mol. The molecule has 0 atom stereocenters. The third kappa shape index (κ3) is 4.40. The van der Waals surface area contributed by atoms with E-state index in [0.717, 1.165) is 66.1 Å². The molecule has 7 heteroatoms. The Kier molecular flexibility index (Phi) is 5.88. The van der Waals surface area contributed by atoms with E-state index in [2.05, 4.69) is 16.2 Å². The van der Waals surface area contributed by atoms with Crippen LogP contribution in [0.4, 0.5) is 0 Å². The van der Waals surface area contributed by atoms with Gasteiger partial charge in [-0.25, -0.2) is 9.50 Å². The quantitative estimate of drug-likeness (QED) is 0.652. The number of aromatic nitrogens is 3. The highest BCUT2D eigenvalue weighted by Crippen LogP contribution is 2.33. The number of hydrogen-bond acceptors (Lipinski definition) is 5. The molecule has 2 aromatic rings. The summed E-state index contributed by atoms with van der Waals surface area (Å²) in [6, 6.07) is 2.23. The Morgan fingerprint density at radius 2 is 2.03 bits per heavy atom. The Balaban J connectivity index is 1.34. The molecule has 160 valence electrons. The van der Waals surface area contributed by atoms with Gasteiger partial charge in [0.2, 0.25) is 0 Å². The zero-order chi connectivity index (χ0) is 21.3. The van der Waals surface area contributed by atoms with Gasteiger partial charge in [-0.2, -0.15) is 5.10 Å². The first-order chi connectivity index (χ1) is 14.4. The van der Waals surface area contributed by atoms with Crippen molar-refractivity contribution in [2.45, 2.75) is 78.2 Å². The summed E-state index contributed by atoms with van der Waals surface area (Å²) in [5.74, 6) is -0.450. The predicted molar refractivity (Wildman–Crippen MR) is 113 cm³/mol. The molecule has 4 rings (SSSR count). The number of carbonyl (C=O) groups is 2. The van der Waals surface area contributed by atoms with Crippen LogP contribution in [0.5, 0.6) is 0 Å². The summed E-state index contributed by atoms with van der Waals surface area (Å²) in [5.41, 5.74) is 5.72. The Hall–Kier alpha value is -2.70. The summed E-state index contributed by atoms with van der Waals surface area (Å²) in [4.78, 5) is 31.6. The minimum Gasteiger partial charge on any atom is -0.456 e. The number of amides is 1. The van der Waals surface area contributed by atoms with Crippen molar-refractivity contribution in [1.82, 2.24) is 19.5 Å². The van der Waals surface area contributed by atoms with Crippen LogP contribution in [-0.4, -0.2) is 44.0 Å². The van der Waals surface area contributed by atoms with E-state index in [1.807, 2.05) is 36.3 Å². The van der Waals surface area contributed by atoms with Crippen molar-refractivity contribution in [3.05, 3.63) is 40.5 Å². The van der Waals surface area contributed by atoms with Crippen LogP contribution in [0.1, 0.15) is 67.6 Å². The van der Waals surface area contributed by atoms with Crippen molar-refractivity contribution >= 4 is 17.5 Å². The summed E-state index contributed by atoms with van der Waals surface area (Å²) in [6.07, 6.45) is 9.26.